The van der Waals surface area contributed by atoms with E-state index >= 15 is 0 Å². The van der Waals surface area contributed by atoms with Crippen molar-refractivity contribution in [3.63, 3.8) is 0 Å². The first-order chi connectivity index (χ1) is 18.0. The molecule has 0 spiro atoms. The molecule has 0 saturated carbocycles. The average molecular weight is 513 g/mol. The second-order valence-corrected chi connectivity index (χ2v) is 9.25. The Kier molecular flexibility index (Phi) is 8.38. The van der Waals surface area contributed by atoms with Gasteiger partial charge in [-0.2, -0.15) is 0 Å². The fourth-order valence-corrected chi connectivity index (χ4v) is 4.61. The molecule has 1 atom stereocenters. The average Bonchev–Trinajstić information content (AvgIpc) is 3.45. The van der Waals surface area contributed by atoms with Gasteiger partial charge in [0.05, 0.1) is 20.3 Å². The monoisotopic (exact) mass is 512 g/mol. The Morgan fingerprint density at radius 3 is 2.27 bits per heavy atom. The van der Waals surface area contributed by atoms with Gasteiger partial charge in [-0.3, -0.25) is 9.59 Å². The van der Waals surface area contributed by atoms with E-state index in [1.54, 1.807) is 24.3 Å². The Morgan fingerprint density at radius 2 is 1.59 bits per heavy atom. The third-order valence-electron chi connectivity index (χ3n) is 5.88. The van der Waals surface area contributed by atoms with Crippen LogP contribution in [0.5, 0.6) is 11.5 Å². The Morgan fingerprint density at radius 1 is 0.865 bits per heavy atom. The fraction of sp³-hybridized carbons (Fsp3) is 0.133. The normalized spacial score (nSPS) is 11.9. The summed E-state index contributed by atoms with van der Waals surface area (Å²) >= 11 is 1.47. The molecule has 188 valence electrons. The molecule has 4 aromatic rings. The van der Waals surface area contributed by atoms with Gasteiger partial charge < -0.3 is 20.1 Å². The van der Waals surface area contributed by atoms with Crippen LogP contribution in [0.25, 0.3) is 6.08 Å². The standard InChI is InChI=1S/C30H28N2O4S/c1-20-10-7-8-14-24(20)28(21-11-5-4-6-12-21)32-30(34)25(19-23-13-9-17-37-23)31-29(33)22-15-16-26(35-2)27(18-22)36-3/h4-19,28H,1-3H3,(H,31,33)(H,32,34)/b25-19-/t28-/m1/s1. The van der Waals surface area contributed by atoms with Crippen LogP contribution in [0, 0.1) is 6.92 Å². The summed E-state index contributed by atoms with van der Waals surface area (Å²) in [6.45, 7) is 2.01. The lowest BCUT2D eigenvalue weighted by Gasteiger charge is -2.22. The van der Waals surface area contributed by atoms with Crippen LogP contribution in [-0.2, 0) is 4.79 Å². The summed E-state index contributed by atoms with van der Waals surface area (Å²) < 4.78 is 10.6. The lowest BCUT2D eigenvalue weighted by Crippen LogP contribution is -2.37. The molecule has 0 unspecified atom stereocenters. The molecule has 0 aliphatic rings. The second kappa shape index (κ2) is 12.1. The van der Waals surface area contributed by atoms with E-state index < -0.39 is 17.9 Å². The van der Waals surface area contributed by atoms with E-state index in [2.05, 4.69) is 10.6 Å². The smallest absolute Gasteiger partial charge is 0.268 e. The molecule has 0 aliphatic heterocycles. The minimum absolute atomic E-state index is 0.136. The third-order valence-corrected chi connectivity index (χ3v) is 6.70. The number of benzene rings is 3. The van der Waals surface area contributed by atoms with Crippen molar-refractivity contribution in [3.05, 3.63) is 123 Å². The van der Waals surface area contributed by atoms with Crippen LogP contribution < -0.4 is 20.1 Å². The summed E-state index contributed by atoms with van der Waals surface area (Å²) in [4.78, 5) is 27.7. The van der Waals surface area contributed by atoms with Crippen LogP contribution in [0.15, 0.2) is 96.0 Å². The molecular weight excluding hydrogens is 484 g/mol. The van der Waals surface area contributed by atoms with E-state index in [0.29, 0.717) is 17.1 Å². The molecule has 2 amide bonds. The van der Waals surface area contributed by atoms with Crippen molar-refractivity contribution in [1.82, 2.24) is 10.6 Å². The minimum Gasteiger partial charge on any atom is -0.493 e. The highest BCUT2D eigenvalue weighted by atomic mass is 32.1. The van der Waals surface area contributed by atoms with Gasteiger partial charge in [0.2, 0.25) is 0 Å². The van der Waals surface area contributed by atoms with Crippen LogP contribution in [0.1, 0.15) is 38.0 Å². The summed E-state index contributed by atoms with van der Waals surface area (Å²) in [5.41, 5.74) is 3.43. The summed E-state index contributed by atoms with van der Waals surface area (Å²) in [5, 5.41) is 7.86. The Hall–Kier alpha value is -4.36. The van der Waals surface area contributed by atoms with Crippen molar-refractivity contribution in [2.24, 2.45) is 0 Å². The number of carbonyl (C=O) groups is 2. The highest BCUT2D eigenvalue weighted by Crippen LogP contribution is 2.28. The van der Waals surface area contributed by atoms with Gasteiger partial charge in [-0.1, -0.05) is 60.7 Å². The van der Waals surface area contributed by atoms with E-state index in [1.165, 1.54) is 25.6 Å². The van der Waals surface area contributed by atoms with Gasteiger partial charge in [-0.15, -0.1) is 11.3 Å². The molecular formula is C30H28N2O4S. The molecule has 0 bridgehead atoms. The molecule has 1 aromatic heterocycles. The highest BCUT2D eigenvalue weighted by molar-refractivity contribution is 7.10. The van der Waals surface area contributed by atoms with E-state index in [-0.39, 0.29) is 5.70 Å². The zero-order valence-corrected chi connectivity index (χ0v) is 21.7. The first kappa shape index (κ1) is 25.7. The van der Waals surface area contributed by atoms with Crippen LogP contribution >= 0.6 is 11.3 Å². The summed E-state index contributed by atoms with van der Waals surface area (Å²) in [6.07, 6.45) is 1.68. The molecule has 4 rings (SSSR count). The lowest BCUT2D eigenvalue weighted by molar-refractivity contribution is -0.118. The van der Waals surface area contributed by atoms with Crippen molar-refractivity contribution in [2.75, 3.05) is 14.2 Å². The number of carbonyl (C=O) groups excluding carboxylic acids is 2. The number of amides is 2. The van der Waals surface area contributed by atoms with Crippen molar-refractivity contribution in [3.8, 4) is 11.5 Å². The molecule has 6 nitrogen and oxygen atoms in total. The third kappa shape index (κ3) is 6.26. The number of rotatable bonds is 9. The summed E-state index contributed by atoms with van der Waals surface area (Å²) in [5.74, 6) is 0.0903. The maximum Gasteiger partial charge on any atom is 0.268 e. The van der Waals surface area contributed by atoms with Crippen molar-refractivity contribution in [1.29, 1.82) is 0 Å². The quantitative estimate of drug-likeness (QED) is 0.280. The van der Waals surface area contributed by atoms with Gasteiger partial charge in [-0.25, -0.2) is 0 Å². The number of aryl methyl sites for hydroxylation is 1. The van der Waals surface area contributed by atoms with Gasteiger partial charge in [0.1, 0.15) is 5.70 Å². The topological polar surface area (TPSA) is 76.7 Å². The predicted octanol–water partition coefficient (Wildman–Crippen LogP) is 5.75. The van der Waals surface area contributed by atoms with Gasteiger partial charge in [-0.05, 0) is 59.3 Å². The van der Waals surface area contributed by atoms with Crippen molar-refractivity contribution in [2.45, 2.75) is 13.0 Å². The Labute approximate surface area is 220 Å². The van der Waals surface area contributed by atoms with E-state index in [0.717, 1.165) is 21.6 Å². The first-order valence-corrected chi connectivity index (χ1v) is 12.6. The SMILES string of the molecule is COc1ccc(C(=O)N/C(=C\c2cccs2)C(=O)N[C@H](c2ccccc2)c2ccccc2C)cc1OC. The highest BCUT2D eigenvalue weighted by Gasteiger charge is 2.22. The molecule has 3 aromatic carbocycles. The minimum atomic E-state index is -0.439. The summed E-state index contributed by atoms with van der Waals surface area (Å²) in [7, 11) is 3.03. The molecule has 0 saturated heterocycles. The number of ether oxygens (including phenoxy) is 2. The predicted molar refractivity (Wildman–Crippen MR) is 147 cm³/mol. The van der Waals surface area contributed by atoms with E-state index in [4.69, 9.17) is 9.47 Å². The van der Waals surface area contributed by atoms with Gasteiger partial charge in [0.25, 0.3) is 11.8 Å². The lowest BCUT2D eigenvalue weighted by atomic mass is 9.95. The van der Waals surface area contributed by atoms with Gasteiger partial charge in [0.15, 0.2) is 11.5 Å². The zero-order chi connectivity index (χ0) is 26.2. The van der Waals surface area contributed by atoms with Crippen LogP contribution in [0.2, 0.25) is 0 Å². The fourth-order valence-electron chi connectivity index (χ4n) is 3.95. The van der Waals surface area contributed by atoms with E-state index in [1.807, 2.05) is 79.0 Å². The van der Waals surface area contributed by atoms with Crippen molar-refractivity contribution >= 4 is 29.2 Å². The van der Waals surface area contributed by atoms with Crippen LogP contribution in [-0.4, -0.2) is 26.0 Å². The Bertz CT molecular complexity index is 1400. The number of nitrogens with one attached hydrogen (secondary N) is 2. The maximum absolute atomic E-state index is 13.7. The molecule has 0 aliphatic carbocycles. The van der Waals surface area contributed by atoms with Crippen molar-refractivity contribution < 1.29 is 19.1 Å². The number of hydrogen-bond donors (Lipinski definition) is 2. The zero-order valence-electron chi connectivity index (χ0n) is 20.9. The number of hydrogen-bond acceptors (Lipinski definition) is 5. The van der Waals surface area contributed by atoms with Crippen LogP contribution in [0.4, 0.5) is 0 Å². The molecule has 2 N–H and O–H groups in total. The first-order valence-electron chi connectivity index (χ1n) is 11.7. The van der Waals surface area contributed by atoms with Gasteiger partial charge in [0, 0.05) is 10.4 Å². The van der Waals surface area contributed by atoms with Crippen LogP contribution in [0.3, 0.4) is 0 Å². The molecule has 37 heavy (non-hydrogen) atoms. The molecule has 0 fully saturated rings. The van der Waals surface area contributed by atoms with E-state index in [9.17, 15) is 9.59 Å². The maximum atomic E-state index is 13.7. The largest absolute Gasteiger partial charge is 0.493 e. The number of thiophene rings is 1. The molecule has 1 heterocycles. The summed E-state index contributed by atoms with van der Waals surface area (Å²) in [6, 6.07) is 25.9. The van der Waals surface area contributed by atoms with Gasteiger partial charge >= 0.3 is 0 Å². The number of methoxy groups -OCH3 is 2. The molecule has 7 heteroatoms. The second-order valence-electron chi connectivity index (χ2n) is 8.27. The molecule has 0 radical (unpaired) electrons. The Balaban J connectivity index is 1.66.